The smallest absolute Gasteiger partial charge is 0.280 e. The Hall–Kier alpha value is -2.89. The first-order chi connectivity index (χ1) is 13.5. The van der Waals surface area contributed by atoms with Crippen molar-refractivity contribution in [3.8, 4) is 5.75 Å². The second kappa shape index (κ2) is 9.35. The zero-order valence-electron chi connectivity index (χ0n) is 15.0. The van der Waals surface area contributed by atoms with Gasteiger partial charge in [-0.1, -0.05) is 53.5 Å². The Kier molecular flexibility index (Phi) is 6.63. The molecule has 3 rings (SSSR count). The Bertz CT molecular complexity index is 938. The summed E-state index contributed by atoms with van der Waals surface area (Å²) in [5, 5.41) is 5.12. The maximum Gasteiger partial charge on any atom is 0.280 e. The van der Waals surface area contributed by atoms with Gasteiger partial charge in [0.15, 0.2) is 6.10 Å². The minimum atomic E-state index is -0.812. The van der Waals surface area contributed by atoms with Crippen LogP contribution in [0.3, 0.4) is 0 Å². The van der Waals surface area contributed by atoms with Crippen LogP contribution >= 0.6 is 23.2 Å². The molecule has 1 heterocycles. The summed E-state index contributed by atoms with van der Waals surface area (Å²) in [7, 11) is 0. The third-order valence-electron chi connectivity index (χ3n) is 3.83. The van der Waals surface area contributed by atoms with Crippen molar-refractivity contribution in [2.24, 2.45) is 5.10 Å². The molecule has 28 heavy (non-hydrogen) atoms. The van der Waals surface area contributed by atoms with Crippen molar-refractivity contribution in [3.05, 3.63) is 94.2 Å². The molecule has 5 nitrogen and oxygen atoms in total. The Morgan fingerprint density at radius 2 is 1.82 bits per heavy atom. The number of benzene rings is 2. The van der Waals surface area contributed by atoms with E-state index < -0.39 is 12.0 Å². The van der Waals surface area contributed by atoms with Crippen molar-refractivity contribution in [3.63, 3.8) is 0 Å². The van der Waals surface area contributed by atoms with Gasteiger partial charge in [-0.3, -0.25) is 9.78 Å². The summed E-state index contributed by atoms with van der Waals surface area (Å²) >= 11 is 12.0. The normalized spacial score (nSPS) is 12.3. The van der Waals surface area contributed by atoms with Crippen LogP contribution in [0.5, 0.6) is 5.75 Å². The van der Waals surface area contributed by atoms with E-state index in [2.05, 4.69) is 15.5 Å². The van der Waals surface area contributed by atoms with Gasteiger partial charge in [0.2, 0.25) is 0 Å². The van der Waals surface area contributed by atoms with Crippen molar-refractivity contribution >= 4 is 34.8 Å². The number of halogens is 2. The number of carbonyl (C=O) groups is 1. The van der Waals surface area contributed by atoms with Gasteiger partial charge in [-0.25, -0.2) is 5.43 Å². The molecule has 1 N–H and O–H groups in total. The van der Waals surface area contributed by atoms with E-state index in [0.717, 1.165) is 11.1 Å². The van der Waals surface area contributed by atoms with Crippen LogP contribution in [0.1, 0.15) is 18.1 Å². The molecule has 1 unspecified atom stereocenters. The predicted octanol–water partition coefficient (Wildman–Crippen LogP) is 4.72. The van der Waals surface area contributed by atoms with Gasteiger partial charge in [0.25, 0.3) is 5.91 Å². The highest BCUT2D eigenvalue weighted by molar-refractivity contribution is 6.35. The molecule has 1 atom stereocenters. The van der Waals surface area contributed by atoms with Crippen LogP contribution in [0.25, 0.3) is 0 Å². The zero-order valence-corrected chi connectivity index (χ0v) is 16.5. The molecule has 1 amide bonds. The van der Waals surface area contributed by atoms with E-state index in [9.17, 15) is 4.79 Å². The number of nitrogens with one attached hydrogen (secondary N) is 1. The summed E-state index contributed by atoms with van der Waals surface area (Å²) in [6.07, 6.45) is 2.55. The average molecular weight is 414 g/mol. The second-order valence-corrected chi connectivity index (χ2v) is 6.72. The lowest BCUT2D eigenvalue weighted by Gasteiger charge is -2.15. The van der Waals surface area contributed by atoms with Gasteiger partial charge in [-0.15, -0.1) is 0 Å². The van der Waals surface area contributed by atoms with Crippen molar-refractivity contribution in [1.82, 2.24) is 10.4 Å². The molecular formula is C21H17Cl2N3O2. The Labute approximate surface area is 173 Å². The van der Waals surface area contributed by atoms with Gasteiger partial charge in [0.1, 0.15) is 5.75 Å². The number of pyridine rings is 1. The quantitative estimate of drug-likeness (QED) is 0.469. The van der Waals surface area contributed by atoms with Crippen LogP contribution in [-0.4, -0.2) is 22.7 Å². The van der Waals surface area contributed by atoms with Gasteiger partial charge >= 0.3 is 0 Å². The topological polar surface area (TPSA) is 63.6 Å². The molecule has 0 aliphatic carbocycles. The van der Waals surface area contributed by atoms with E-state index in [4.69, 9.17) is 27.9 Å². The summed E-state index contributed by atoms with van der Waals surface area (Å²) < 4.78 is 5.62. The molecule has 7 heteroatoms. The van der Waals surface area contributed by atoms with E-state index in [1.54, 1.807) is 37.5 Å². The highest BCUT2D eigenvalue weighted by atomic mass is 35.5. The maximum absolute atomic E-state index is 12.5. The maximum atomic E-state index is 12.5. The molecule has 1 aromatic heterocycles. The van der Waals surface area contributed by atoms with Crippen molar-refractivity contribution in [2.45, 2.75) is 13.0 Å². The fourth-order valence-electron chi connectivity index (χ4n) is 2.41. The number of carbonyl (C=O) groups excluding carboxylic acids is 1. The lowest BCUT2D eigenvalue weighted by Crippen LogP contribution is -2.34. The molecular weight excluding hydrogens is 397 g/mol. The first-order valence-electron chi connectivity index (χ1n) is 8.49. The third-order valence-corrected chi connectivity index (χ3v) is 4.36. The van der Waals surface area contributed by atoms with Gasteiger partial charge in [0, 0.05) is 28.5 Å². The van der Waals surface area contributed by atoms with Gasteiger partial charge < -0.3 is 4.74 Å². The van der Waals surface area contributed by atoms with Crippen molar-refractivity contribution in [2.75, 3.05) is 0 Å². The summed E-state index contributed by atoms with van der Waals surface area (Å²) in [4.78, 5) is 16.6. The monoisotopic (exact) mass is 413 g/mol. The zero-order chi connectivity index (χ0) is 19.9. The number of hydrogen-bond donors (Lipinski definition) is 1. The molecule has 0 saturated carbocycles. The van der Waals surface area contributed by atoms with E-state index in [1.807, 2.05) is 42.5 Å². The molecule has 0 bridgehead atoms. The third kappa shape index (κ3) is 5.09. The van der Waals surface area contributed by atoms with Crippen LogP contribution in [-0.2, 0) is 4.79 Å². The van der Waals surface area contributed by atoms with Crippen LogP contribution in [0.15, 0.2) is 78.2 Å². The number of hydrazone groups is 1. The summed E-state index contributed by atoms with van der Waals surface area (Å²) in [5.74, 6) is -0.0448. The highest BCUT2D eigenvalue weighted by Crippen LogP contribution is 2.28. The molecule has 2 aromatic carbocycles. The lowest BCUT2D eigenvalue weighted by atomic mass is 10.0. The minimum absolute atomic E-state index is 0.330. The summed E-state index contributed by atoms with van der Waals surface area (Å²) in [6, 6.07) is 18.0. The SMILES string of the molecule is CC(Oc1ccc(Cl)cc1Cl)C(=O)NN=C(c1ccccc1)c1cccnc1. The first kappa shape index (κ1) is 19.9. The number of aromatic nitrogens is 1. The lowest BCUT2D eigenvalue weighted by molar-refractivity contribution is -0.127. The number of hydrogen-bond acceptors (Lipinski definition) is 4. The van der Waals surface area contributed by atoms with Crippen LogP contribution in [0.4, 0.5) is 0 Å². The van der Waals surface area contributed by atoms with Crippen molar-refractivity contribution < 1.29 is 9.53 Å². The van der Waals surface area contributed by atoms with E-state index in [-0.39, 0.29) is 0 Å². The predicted molar refractivity (Wildman–Crippen MR) is 111 cm³/mol. The van der Waals surface area contributed by atoms with Gasteiger partial charge in [0.05, 0.1) is 10.7 Å². The van der Waals surface area contributed by atoms with E-state index >= 15 is 0 Å². The van der Waals surface area contributed by atoms with Crippen molar-refractivity contribution in [1.29, 1.82) is 0 Å². The molecule has 0 radical (unpaired) electrons. The summed E-state index contributed by atoms with van der Waals surface area (Å²) in [6.45, 7) is 1.61. The summed E-state index contributed by atoms with van der Waals surface area (Å²) in [5.41, 5.74) is 4.79. The molecule has 0 aliphatic rings. The second-order valence-electron chi connectivity index (χ2n) is 5.88. The molecule has 0 saturated heterocycles. The Balaban J connectivity index is 1.77. The number of nitrogens with zero attached hydrogens (tertiary/aromatic N) is 2. The van der Waals surface area contributed by atoms with E-state index in [0.29, 0.717) is 21.5 Å². The standard InChI is InChI=1S/C21H17Cl2N3O2/c1-14(28-19-10-9-17(22)12-18(19)23)21(27)26-25-20(15-6-3-2-4-7-15)16-8-5-11-24-13-16/h2-14H,1H3,(H,26,27). The largest absolute Gasteiger partial charge is 0.479 e. The van der Waals surface area contributed by atoms with Crippen LogP contribution in [0.2, 0.25) is 10.0 Å². The molecule has 142 valence electrons. The molecule has 0 fully saturated rings. The van der Waals surface area contributed by atoms with E-state index in [1.165, 1.54) is 0 Å². The molecule has 3 aromatic rings. The molecule has 0 aliphatic heterocycles. The highest BCUT2D eigenvalue weighted by Gasteiger charge is 2.17. The van der Waals surface area contributed by atoms with Gasteiger partial charge in [-0.2, -0.15) is 5.10 Å². The Morgan fingerprint density at radius 3 is 2.50 bits per heavy atom. The van der Waals surface area contributed by atoms with Crippen LogP contribution < -0.4 is 10.2 Å². The van der Waals surface area contributed by atoms with Crippen LogP contribution in [0, 0.1) is 0 Å². The number of amides is 1. The fourth-order valence-corrected chi connectivity index (χ4v) is 2.86. The van der Waals surface area contributed by atoms with Gasteiger partial charge in [-0.05, 0) is 37.3 Å². The first-order valence-corrected chi connectivity index (χ1v) is 9.25. The Morgan fingerprint density at radius 1 is 1.07 bits per heavy atom. The minimum Gasteiger partial charge on any atom is -0.479 e. The molecule has 0 spiro atoms. The average Bonchev–Trinajstić information content (AvgIpc) is 2.71. The number of rotatable bonds is 6. The number of ether oxygens (including phenoxy) is 1. The fraction of sp³-hybridized carbons (Fsp3) is 0.0952.